The van der Waals surface area contributed by atoms with Crippen LogP contribution in [-0.4, -0.2) is 16.8 Å². The van der Waals surface area contributed by atoms with Crippen molar-refractivity contribution in [2.45, 2.75) is 12.5 Å². The van der Waals surface area contributed by atoms with Gasteiger partial charge >= 0.3 is 0 Å². The van der Waals surface area contributed by atoms with Crippen LogP contribution >= 0.6 is 11.6 Å². The molecular formula is C15H13ClFN3O2. The SMILES string of the molecule is NC(=O)C(NC(=O)Cc1ccccc1F)c1ccc(Cl)cn1. The molecule has 1 unspecified atom stereocenters. The highest BCUT2D eigenvalue weighted by atomic mass is 35.5. The summed E-state index contributed by atoms with van der Waals surface area (Å²) in [5, 5.41) is 2.84. The molecule has 2 amide bonds. The van der Waals surface area contributed by atoms with E-state index in [1.165, 1.54) is 36.5 Å². The molecule has 0 radical (unpaired) electrons. The number of halogens is 2. The molecule has 0 bridgehead atoms. The molecule has 114 valence electrons. The van der Waals surface area contributed by atoms with Gasteiger partial charge in [0.25, 0.3) is 0 Å². The minimum absolute atomic E-state index is 0.204. The van der Waals surface area contributed by atoms with Gasteiger partial charge in [-0.3, -0.25) is 14.6 Å². The van der Waals surface area contributed by atoms with E-state index in [4.69, 9.17) is 17.3 Å². The van der Waals surface area contributed by atoms with Crippen molar-refractivity contribution in [3.05, 3.63) is 64.7 Å². The summed E-state index contributed by atoms with van der Waals surface area (Å²) in [6.45, 7) is 0. The smallest absolute Gasteiger partial charge is 0.246 e. The van der Waals surface area contributed by atoms with E-state index in [0.717, 1.165) is 0 Å². The van der Waals surface area contributed by atoms with Gasteiger partial charge in [0.05, 0.1) is 17.1 Å². The maximum Gasteiger partial charge on any atom is 0.246 e. The van der Waals surface area contributed by atoms with E-state index in [1.54, 1.807) is 6.07 Å². The van der Waals surface area contributed by atoms with Gasteiger partial charge in [-0.25, -0.2) is 4.39 Å². The van der Waals surface area contributed by atoms with E-state index in [9.17, 15) is 14.0 Å². The van der Waals surface area contributed by atoms with Gasteiger partial charge in [0.2, 0.25) is 11.8 Å². The Morgan fingerprint density at radius 2 is 2.00 bits per heavy atom. The number of rotatable bonds is 5. The van der Waals surface area contributed by atoms with Gasteiger partial charge in [0, 0.05) is 6.20 Å². The van der Waals surface area contributed by atoms with Crippen LogP contribution in [0, 0.1) is 5.82 Å². The third-order valence-corrected chi connectivity index (χ3v) is 3.17. The van der Waals surface area contributed by atoms with E-state index in [0.29, 0.717) is 5.02 Å². The molecule has 1 aromatic carbocycles. The Hall–Kier alpha value is -2.47. The Kier molecular flexibility index (Phi) is 5.06. The average Bonchev–Trinajstić information content (AvgIpc) is 2.48. The summed E-state index contributed by atoms with van der Waals surface area (Å²) in [6, 6.07) is 7.82. The number of amides is 2. The first-order valence-electron chi connectivity index (χ1n) is 6.41. The van der Waals surface area contributed by atoms with Crippen LogP contribution < -0.4 is 11.1 Å². The second-order valence-corrected chi connectivity index (χ2v) is 5.01. The molecule has 7 heteroatoms. The summed E-state index contributed by atoms with van der Waals surface area (Å²) in [5.41, 5.74) is 5.77. The number of nitrogens with one attached hydrogen (secondary N) is 1. The molecule has 0 saturated heterocycles. The third kappa shape index (κ3) is 4.02. The number of benzene rings is 1. The van der Waals surface area contributed by atoms with E-state index in [-0.39, 0.29) is 17.7 Å². The molecule has 3 N–H and O–H groups in total. The van der Waals surface area contributed by atoms with Crippen LogP contribution in [0.15, 0.2) is 42.6 Å². The Morgan fingerprint density at radius 3 is 2.59 bits per heavy atom. The number of aromatic nitrogens is 1. The quantitative estimate of drug-likeness (QED) is 0.880. The number of pyridine rings is 1. The van der Waals surface area contributed by atoms with Crippen LogP contribution in [0.1, 0.15) is 17.3 Å². The Labute approximate surface area is 131 Å². The number of hydrogen-bond acceptors (Lipinski definition) is 3. The Balaban J connectivity index is 2.11. The van der Waals surface area contributed by atoms with Crippen LogP contribution in [0.5, 0.6) is 0 Å². The van der Waals surface area contributed by atoms with Crippen molar-refractivity contribution in [2.75, 3.05) is 0 Å². The van der Waals surface area contributed by atoms with Crippen molar-refractivity contribution in [1.29, 1.82) is 0 Å². The molecule has 2 aromatic rings. The molecule has 0 spiro atoms. The predicted molar refractivity (Wildman–Crippen MR) is 79.4 cm³/mol. The second kappa shape index (κ2) is 7.00. The van der Waals surface area contributed by atoms with E-state index in [2.05, 4.69) is 10.3 Å². The largest absolute Gasteiger partial charge is 0.368 e. The van der Waals surface area contributed by atoms with E-state index in [1.807, 2.05) is 0 Å². The molecule has 1 heterocycles. The summed E-state index contributed by atoms with van der Waals surface area (Å²) in [5.74, 6) is -1.79. The zero-order chi connectivity index (χ0) is 16.1. The van der Waals surface area contributed by atoms with Gasteiger partial charge < -0.3 is 11.1 Å². The number of nitrogens with zero attached hydrogens (tertiary/aromatic N) is 1. The number of carbonyl (C=O) groups is 2. The fraction of sp³-hybridized carbons (Fsp3) is 0.133. The fourth-order valence-corrected chi connectivity index (χ4v) is 1.99. The van der Waals surface area contributed by atoms with Gasteiger partial charge in [-0.05, 0) is 23.8 Å². The minimum Gasteiger partial charge on any atom is -0.368 e. The van der Waals surface area contributed by atoms with E-state index < -0.39 is 23.7 Å². The average molecular weight is 322 g/mol. The van der Waals surface area contributed by atoms with Gasteiger partial charge in [0.1, 0.15) is 5.82 Å². The van der Waals surface area contributed by atoms with Crippen molar-refractivity contribution < 1.29 is 14.0 Å². The number of primary amides is 1. The van der Waals surface area contributed by atoms with Crippen molar-refractivity contribution in [3.63, 3.8) is 0 Å². The molecule has 0 aliphatic rings. The third-order valence-electron chi connectivity index (χ3n) is 2.94. The lowest BCUT2D eigenvalue weighted by Crippen LogP contribution is -2.38. The Morgan fingerprint density at radius 1 is 1.27 bits per heavy atom. The lowest BCUT2D eigenvalue weighted by atomic mass is 10.1. The van der Waals surface area contributed by atoms with Crippen molar-refractivity contribution in [3.8, 4) is 0 Å². The lowest BCUT2D eigenvalue weighted by molar-refractivity contribution is -0.127. The maximum absolute atomic E-state index is 13.5. The molecule has 1 aromatic heterocycles. The summed E-state index contributed by atoms with van der Waals surface area (Å²) in [4.78, 5) is 27.4. The molecule has 1 atom stereocenters. The van der Waals surface area contributed by atoms with Crippen molar-refractivity contribution in [2.24, 2.45) is 5.73 Å². The van der Waals surface area contributed by atoms with Gasteiger partial charge in [-0.2, -0.15) is 0 Å². The second-order valence-electron chi connectivity index (χ2n) is 4.57. The van der Waals surface area contributed by atoms with Crippen LogP contribution in [0.4, 0.5) is 4.39 Å². The van der Waals surface area contributed by atoms with E-state index >= 15 is 0 Å². The first-order chi connectivity index (χ1) is 10.5. The first-order valence-corrected chi connectivity index (χ1v) is 6.78. The molecule has 22 heavy (non-hydrogen) atoms. The number of carbonyl (C=O) groups excluding carboxylic acids is 2. The summed E-state index contributed by atoms with van der Waals surface area (Å²) >= 11 is 5.72. The minimum atomic E-state index is -1.10. The summed E-state index contributed by atoms with van der Waals surface area (Å²) in [6.07, 6.45) is 1.14. The molecule has 0 aliphatic heterocycles. The predicted octanol–water partition coefficient (Wildman–Crippen LogP) is 1.76. The molecule has 0 aliphatic carbocycles. The van der Waals surface area contributed by atoms with Crippen molar-refractivity contribution >= 4 is 23.4 Å². The number of hydrogen-bond donors (Lipinski definition) is 2. The molecule has 2 rings (SSSR count). The van der Waals surface area contributed by atoms with Gasteiger partial charge in [-0.15, -0.1) is 0 Å². The molecule has 5 nitrogen and oxygen atoms in total. The highest BCUT2D eigenvalue weighted by molar-refractivity contribution is 6.30. The fourth-order valence-electron chi connectivity index (χ4n) is 1.88. The zero-order valence-corrected chi connectivity index (χ0v) is 12.2. The topological polar surface area (TPSA) is 85.1 Å². The highest BCUT2D eigenvalue weighted by Crippen LogP contribution is 2.14. The summed E-state index contributed by atoms with van der Waals surface area (Å²) in [7, 11) is 0. The van der Waals surface area contributed by atoms with Crippen LogP contribution in [0.3, 0.4) is 0 Å². The Bertz CT molecular complexity index is 691. The zero-order valence-electron chi connectivity index (χ0n) is 11.4. The van der Waals surface area contributed by atoms with Crippen LogP contribution in [0.2, 0.25) is 5.02 Å². The van der Waals surface area contributed by atoms with Crippen LogP contribution in [-0.2, 0) is 16.0 Å². The number of nitrogens with two attached hydrogens (primary N) is 1. The van der Waals surface area contributed by atoms with Crippen LogP contribution in [0.25, 0.3) is 0 Å². The lowest BCUT2D eigenvalue weighted by Gasteiger charge is -2.15. The van der Waals surface area contributed by atoms with Crippen molar-refractivity contribution in [1.82, 2.24) is 10.3 Å². The monoisotopic (exact) mass is 321 g/mol. The molecule has 0 saturated carbocycles. The molecule has 0 fully saturated rings. The maximum atomic E-state index is 13.5. The standard InChI is InChI=1S/C15H13ClFN3O2/c16-10-5-6-12(19-8-10)14(15(18)22)20-13(21)7-9-3-1-2-4-11(9)17/h1-6,8,14H,7H2,(H2,18,22)(H,20,21). The first kappa shape index (κ1) is 15.9. The normalized spacial score (nSPS) is 11.7. The summed E-state index contributed by atoms with van der Waals surface area (Å²) < 4.78 is 13.5. The molecular weight excluding hydrogens is 309 g/mol. The highest BCUT2D eigenvalue weighted by Gasteiger charge is 2.22. The van der Waals surface area contributed by atoms with Gasteiger partial charge in [0.15, 0.2) is 6.04 Å². The van der Waals surface area contributed by atoms with Gasteiger partial charge in [-0.1, -0.05) is 29.8 Å².